The van der Waals surface area contributed by atoms with Gasteiger partial charge in [-0.15, -0.1) is 0 Å². The average Bonchev–Trinajstić information content (AvgIpc) is 1.65. The van der Waals surface area contributed by atoms with Crippen LogP contribution in [0.4, 0.5) is 0 Å². The minimum atomic E-state index is -0.144. The zero-order valence-electron chi connectivity index (χ0n) is 3.82. The molecule has 0 fully saturated rings. The van der Waals surface area contributed by atoms with Crippen LogP contribution in [0.1, 0.15) is 0 Å². The molecule has 0 aliphatic carbocycles. The smallest absolute Gasteiger partial charge is 0.133 e. The van der Waals surface area contributed by atoms with Crippen molar-refractivity contribution in [3.63, 3.8) is 0 Å². The summed E-state index contributed by atoms with van der Waals surface area (Å²) in [7, 11) is 5.88. The van der Waals surface area contributed by atoms with Crippen molar-refractivity contribution in [1.29, 1.82) is 0 Å². The number of hydrogen-bond donors (Lipinski definition) is 0. The Morgan fingerprint density at radius 2 is 2.14 bits per heavy atom. The van der Waals surface area contributed by atoms with Crippen molar-refractivity contribution in [2.24, 2.45) is 0 Å². The van der Waals surface area contributed by atoms with E-state index in [2.05, 4.69) is 27.1 Å². The quantitative estimate of drug-likeness (QED) is 0.369. The molecule has 0 heterocycles. The van der Waals surface area contributed by atoms with Crippen molar-refractivity contribution < 1.29 is 4.79 Å². The van der Waals surface area contributed by atoms with Gasteiger partial charge in [0.2, 0.25) is 0 Å². The number of hydrogen-bond acceptors (Lipinski definition) is 1. The molecule has 0 aliphatic rings. The molecule has 0 saturated carbocycles. The molecule has 34 valence electrons. The molecule has 0 spiro atoms. The van der Waals surface area contributed by atoms with Crippen LogP contribution >= 0.6 is 0 Å². The summed E-state index contributed by atoms with van der Waals surface area (Å²) in [5, 5.41) is -0.144. The summed E-state index contributed by atoms with van der Waals surface area (Å²) < 4.78 is 0. The molecule has 7 heavy (non-hydrogen) atoms. The highest BCUT2D eigenvalue weighted by Gasteiger charge is 1.92. The first-order chi connectivity index (χ1) is 3.18. The average molecular weight is 124 g/mol. The lowest BCUT2D eigenvalue weighted by molar-refractivity contribution is -0.108. The fourth-order valence-corrected chi connectivity index (χ4v) is 0.506. The summed E-state index contributed by atoms with van der Waals surface area (Å²) in [6.45, 7) is 3.43. The Morgan fingerprint density at radius 3 is 2.14 bits per heavy atom. The van der Waals surface area contributed by atoms with Gasteiger partial charge in [0, 0.05) is 10.2 Å². The van der Waals surface area contributed by atoms with Crippen LogP contribution in [-0.4, -0.2) is 25.9 Å². The van der Waals surface area contributed by atoms with Crippen molar-refractivity contribution in [2.75, 3.05) is 0 Å². The fourth-order valence-electron chi connectivity index (χ4n) is 0.0803. The van der Waals surface area contributed by atoms with E-state index in [1.807, 2.05) is 0 Å². The van der Waals surface area contributed by atoms with E-state index in [-0.39, 0.29) is 5.41 Å². The SMILES string of the molecule is C=C(C[Si])C(=O)[Si]. The van der Waals surface area contributed by atoms with Gasteiger partial charge in [-0.05, 0) is 11.6 Å². The Kier molecular flexibility index (Phi) is 2.86. The van der Waals surface area contributed by atoms with Crippen LogP contribution in [0.15, 0.2) is 12.2 Å². The highest BCUT2D eigenvalue weighted by Crippen LogP contribution is 1.91. The van der Waals surface area contributed by atoms with Gasteiger partial charge in [-0.25, -0.2) is 0 Å². The van der Waals surface area contributed by atoms with Gasteiger partial charge in [0.25, 0.3) is 0 Å². The van der Waals surface area contributed by atoms with Gasteiger partial charge in [0.15, 0.2) is 0 Å². The minimum Gasteiger partial charge on any atom is -0.301 e. The fraction of sp³-hybridized carbons (Fsp3) is 0.250. The van der Waals surface area contributed by atoms with E-state index in [1.54, 1.807) is 0 Å². The topological polar surface area (TPSA) is 17.1 Å². The van der Waals surface area contributed by atoms with Crippen LogP contribution in [0.3, 0.4) is 0 Å². The summed E-state index contributed by atoms with van der Waals surface area (Å²) >= 11 is 0. The molecule has 0 atom stereocenters. The molecule has 0 amide bonds. The molecule has 0 bridgehead atoms. The minimum absolute atomic E-state index is 0.144. The molecule has 6 radical (unpaired) electrons. The third kappa shape index (κ3) is 2.53. The Bertz CT molecular complexity index is 97.9. The largest absolute Gasteiger partial charge is 0.301 e. The predicted octanol–water partition coefficient (Wildman–Crippen LogP) is -0.176. The number of carbonyl (C=O) groups is 1. The van der Waals surface area contributed by atoms with E-state index >= 15 is 0 Å². The zero-order valence-corrected chi connectivity index (χ0v) is 5.82. The maximum atomic E-state index is 10.2. The van der Waals surface area contributed by atoms with Gasteiger partial charge in [-0.3, -0.25) is 0 Å². The number of allylic oxidation sites excluding steroid dienone is 1. The second kappa shape index (κ2) is 2.93. The van der Waals surface area contributed by atoms with E-state index in [9.17, 15) is 4.79 Å². The van der Waals surface area contributed by atoms with Gasteiger partial charge in [0.1, 0.15) is 15.6 Å². The zero-order chi connectivity index (χ0) is 5.86. The first-order valence-corrected chi connectivity index (χ1v) is 2.97. The maximum absolute atomic E-state index is 10.2. The van der Waals surface area contributed by atoms with Gasteiger partial charge in [-0.2, -0.15) is 0 Å². The normalized spacial score (nSPS) is 8.29. The van der Waals surface area contributed by atoms with E-state index in [4.69, 9.17) is 0 Å². The Morgan fingerprint density at radius 1 is 1.71 bits per heavy atom. The molecule has 0 saturated heterocycles. The van der Waals surface area contributed by atoms with E-state index in [1.165, 1.54) is 0 Å². The van der Waals surface area contributed by atoms with Crippen LogP contribution in [0, 0.1) is 0 Å². The lowest BCUT2D eigenvalue weighted by atomic mass is 10.4. The molecule has 3 heteroatoms. The van der Waals surface area contributed by atoms with Crippen molar-refractivity contribution >= 4 is 25.9 Å². The standard InChI is InChI=1S/C4H4OSi2/c1-3(2-6)4(5)7/h1-2H2. The molecule has 0 N–H and O–H groups in total. The molecule has 0 aromatic rings. The summed E-state index contributed by atoms with van der Waals surface area (Å²) in [5.74, 6) is 0. The van der Waals surface area contributed by atoms with Gasteiger partial charge >= 0.3 is 0 Å². The summed E-state index contributed by atoms with van der Waals surface area (Å²) in [6.07, 6.45) is 0. The number of rotatable bonds is 2. The van der Waals surface area contributed by atoms with Crippen LogP contribution in [0.25, 0.3) is 0 Å². The maximum Gasteiger partial charge on any atom is 0.133 e. The van der Waals surface area contributed by atoms with Gasteiger partial charge < -0.3 is 4.79 Å². The first kappa shape index (κ1) is 6.84. The lowest BCUT2D eigenvalue weighted by Gasteiger charge is -1.88. The van der Waals surface area contributed by atoms with Crippen molar-refractivity contribution in [1.82, 2.24) is 0 Å². The van der Waals surface area contributed by atoms with Crippen LogP contribution in [0.5, 0.6) is 0 Å². The van der Waals surface area contributed by atoms with Gasteiger partial charge in [-0.1, -0.05) is 6.58 Å². The Balaban J connectivity index is 3.58. The van der Waals surface area contributed by atoms with Crippen molar-refractivity contribution in [3.8, 4) is 0 Å². The molecular weight excluding hydrogens is 120 g/mol. The highest BCUT2D eigenvalue weighted by atomic mass is 28.1. The predicted molar refractivity (Wildman–Crippen MR) is 30.5 cm³/mol. The summed E-state index contributed by atoms with van der Waals surface area (Å²) in [6, 6.07) is 0.530. The summed E-state index contributed by atoms with van der Waals surface area (Å²) in [5.41, 5.74) is 0.535. The van der Waals surface area contributed by atoms with Crippen LogP contribution < -0.4 is 0 Å². The van der Waals surface area contributed by atoms with Crippen LogP contribution in [-0.2, 0) is 4.79 Å². The van der Waals surface area contributed by atoms with E-state index < -0.39 is 0 Å². The molecule has 1 nitrogen and oxygen atoms in total. The molecule has 0 aliphatic heterocycles. The second-order valence-corrected chi connectivity index (χ2v) is 1.92. The van der Waals surface area contributed by atoms with Gasteiger partial charge in [0.05, 0.1) is 0 Å². The highest BCUT2D eigenvalue weighted by molar-refractivity contribution is 6.62. The number of carbonyl (C=O) groups excluding carboxylic acids is 1. The lowest BCUT2D eigenvalue weighted by Crippen LogP contribution is -1.97. The summed E-state index contributed by atoms with van der Waals surface area (Å²) in [4.78, 5) is 10.2. The van der Waals surface area contributed by atoms with Crippen LogP contribution in [0.2, 0.25) is 6.04 Å². The molecule has 0 aromatic heterocycles. The van der Waals surface area contributed by atoms with Crippen molar-refractivity contribution in [2.45, 2.75) is 6.04 Å². The third-order valence-corrected chi connectivity index (χ3v) is 1.31. The monoisotopic (exact) mass is 124 g/mol. The molecule has 0 rings (SSSR count). The Hall–Kier alpha value is -0.156. The first-order valence-electron chi connectivity index (χ1n) is 1.76. The van der Waals surface area contributed by atoms with Crippen molar-refractivity contribution in [3.05, 3.63) is 12.2 Å². The Labute approximate surface area is 49.6 Å². The third-order valence-electron chi connectivity index (χ3n) is 0.535. The second-order valence-electron chi connectivity index (χ2n) is 1.11. The molecule has 0 unspecified atom stereocenters. The van der Waals surface area contributed by atoms with E-state index in [0.29, 0.717) is 11.6 Å². The molecule has 0 aromatic carbocycles. The van der Waals surface area contributed by atoms with E-state index in [0.717, 1.165) is 0 Å². The molecular formula is C4H4OSi2.